The highest BCUT2D eigenvalue weighted by Crippen LogP contribution is 2.31. The number of benzene rings is 2. The predicted octanol–water partition coefficient (Wildman–Crippen LogP) is 4.09. The summed E-state index contributed by atoms with van der Waals surface area (Å²) in [6.45, 7) is 4.19. The molecule has 0 atom stereocenters. The highest BCUT2D eigenvalue weighted by atomic mass is 16.6. The normalized spacial score (nSPS) is 14.1. The monoisotopic (exact) mass is 416 g/mol. The summed E-state index contributed by atoms with van der Waals surface area (Å²) < 4.78 is 1.88. The molecule has 1 amide bonds. The van der Waals surface area contributed by atoms with Crippen molar-refractivity contribution in [1.82, 2.24) is 4.57 Å². The lowest BCUT2D eigenvalue weighted by molar-refractivity contribution is -0.384. The van der Waals surface area contributed by atoms with Crippen LogP contribution in [0.3, 0.4) is 0 Å². The van der Waals surface area contributed by atoms with Gasteiger partial charge in [-0.25, -0.2) is 0 Å². The maximum Gasteiger partial charge on any atom is 0.293 e. The molecule has 4 rings (SSSR count). The first-order valence-electron chi connectivity index (χ1n) is 10.3. The maximum absolute atomic E-state index is 12.9. The van der Waals surface area contributed by atoms with Gasteiger partial charge < -0.3 is 9.47 Å². The van der Waals surface area contributed by atoms with E-state index in [1.807, 2.05) is 59.0 Å². The van der Waals surface area contributed by atoms with Gasteiger partial charge in [0.2, 0.25) is 0 Å². The van der Waals surface area contributed by atoms with E-state index in [2.05, 4.69) is 4.99 Å². The van der Waals surface area contributed by atoms with Crippen molar-refractivity contribution in [3.8, 4) is 0 Å². The van der Waals surface area contributed by atoms with Crippen molar-refractivity contribution in [3.05, 3.63) is 99.2 Å². The molecule has 1 aliphatic heterocycles. The molecule has 7 nitrogen and oxygen atoms in total. The Morgan fingerprint density at radius 1 is 1.06 bits per heavy atom. The Morgan fingerprint density at radius 3 is 2.52 bits per heavy atom. The van der Waals surface area contributed by atoms with Crippen LogP contribution in [0, 0.1) is 17.0 Å². The molecule has 158 valence electrons. The van der Waals surface area contributed by atoms with E-state index in [-0.39, 0.29) is 11.3 Å². The molecule has 0 spiro atoms. The molecular formula is C24H24N4O3. The van der Waals surface area contributed by atoms with Crippen LogP contribution in [0.1, 0.15) is 34.3 Å². The van der Waals surface area contributed by atoms with E-state index in [9.17, 15) is 14.9 Å². The van der Waals surface area contributed by atoms with Gasteiger partial charge in [-0.2, -0.15) is 4.99 Å². The highest BCUT2D eigenvalue weighted by Gasteiger charge is 2.23. The van der Waals surface area contributed by atoms with Crippen molar-refractivity contribution >= 4 is 17.3 Å². The van der Waals surface area contributed by atoms with Gasteiger partial charge in [0.15, 0.2) is 0 Å². The molecule has 1 fully saturated rings. The second-order valence-corrected chi connectivity index (χ2v) is 7.74. The Bertz CT molecular complexity index is 1180. The third-order valence-electron chi connectivity index (χ3n) is 5.47. The van der Waals surface area contributed by atoms with Crippen LogP contribution in [0.4, 0.5) is 11.4 Å². The second-order valence-electron chi connectivity index (χ2n) is 7.74. The van der Waals surface area contributed by atoms with Crippen molar-refractivity contribution in [3.63, 3.8) is 0 Å². The zero-order valence-electron chi connectivity index (χ0n) is 17.4. The molecule has 7 heteroatoms. The molecule has 0 unspecified atom stereocenters. The van der Waals surface area contributed by atoms with Gasteiger partial charge in [-0.1, -0.05) is 35.9 Å². The number of carbonyl (C=O) groups excluding carboxylic acids is 1. The van der Waals surface area contributed by atoms with Crippen LogP contribution < -0.4 is 10.4 Å². The van der Waals surface area contributed by atoms with Crippen LogP contribution >= 0.6 is 0 Å². The van der Waals surface area contributed by atoms with E-state index >= 15 is 0 Å². The van der Waals surface area contributed by atoms with Crippen LogP contribution in [0.2, 0.25) is 0 Å². The number of hydrogen-bond acceptors (Lipinski definition) is 4. The Balaban J connectivity index is 1.65. The van der Waals surface area contributed by atoms with Crippen LogP contribution in [0.25, 0.3) is 0 Å². The fourth-order valence-electron chi connectivity index (χ4n) is 3.79. The summed E-state index contributed by atoms with van der Waals surface area (Å²) >= 11 is 0. The largest absolute Gasteiger partial charge is 0.366 e. The van der Waals surface area contributed by atoms with Gasteiger partial charge in [0.05, 0.1) is 4.92 Å². The summed E-state index contributed by atoms with van der Waals surface area (Å²) in [5.41, 5.74) is 3.49. The fraction of sp³-hybridized carbons (Fsp3) is 0.250. The summed E-state index contributed by atoms with van der Waals surface area (Å²) in [7, 11) is 0. The molecule has 0 aliphatic carbocycles. The minimum atomic E-state index is -0.500. The Kier molecular flexibility index (Phi) is 5.93. The van der Waals surface area contributed by atoms with E-state index < -0.39 is 10.8 Å². The molecule has 2 aromatic carbocycles. The van der Waals surface area contributed by atoms with Gasteiger partial charge in [0, 0.05) is 37.5 Å². The Labute approximate surface area is 180 Å². The number of anilines is 1. The summed E-state index contributed by atoms with van der Waals surface area (Å²) in [5, 5.41) is 11.6. The number of amides is 1. The first kappa shape index (κ1) is 20.5. The zero-order chi connectivity index (χ0) is 21.8. The van der Waals surface area contributed by atoms with Crippen molar-refractivity contribution < 1.29 is 9.72 Å². The quantitative estimate of drug-likeness (QED) is 0.463. The fourth-order valence-corrected chi connectivity index (χ4v) is 3.79. The number of pyridine rings is 1. The van der Waals surface area contributed by atoms with E-state index in [0.29, 0.717) is 17.7 Å². The number of carbonyl (C=O) groups is 1. The zero-order valence-corrected chi connectivity index (χ0v) is 17.4. The maximum atomic E-state index is 12.9. The molecule has 0 N–H and O–H groups in total. The predicted molar refractivity (Wildman–Crippen MR) is 119 cm³/mol. The van der Waals surface area contributed by atoms with Crippen LogP contribution in [-0.4, -0.2) is 28.5 Å². The van der Waals surface area contributed by atoms with Crippen molar-refractivity contribution in [2.75, 3.05) is 18.0 Å². The Morgan fingerprint density at radius 2 is 1.81 bits per heavy atom. The summed E-state index contributed by atoms with van der Waals surface area (Å²) in [6, 6.07) is 18.3. The molecular weight excluding hydrogens is 392 g/mol. The topological polar surface area (TPSA) is 80.7 Å². The minimum Gasteiger partial charge on any atom is -0.366 e. The summed E-state index contributed by atoms with van der Waals surface area (Å²) in [6.07, 6.45) is 3.90. The number of nitro groups is 1. The molecule has 2 heterocycles. The third kappa shape index (κ3) is 4.71. The number of hydrogen-bond donors (Lipinski definition) is 0. The van der Waals surface area contributed by atoms with Gasteiger partial charge in [-0.05, 0) is 49.6 Å². The molecule has 3 aromatic rings. The van der Waals surface area contributed by atoms with E-state index in [1.54, 1.807) is 18.2 Å². The minimum absolute atomic E-state index is 0.0523. The van der Waals surface area contributed by atoms with Gasteiger partial charge >= 0.3 is 0 Å². The molecule has 0 saturated carbocycles. The molecule has 1 aromatic heterocycles. The lowest BCUT2D eigenvalue weighted by Gasteiger charge is -2.17. The molecule has 1 saturated heterocycles. The van der Waals surface area contributed by atoms with E-state index in [1.165, 1.54) is 11.6 Å². The lowest BCUT2D eigenvalue weighted by Crippen LogP contribution is -2.22. The number of aryl methyl sites for hydroxylation is 1. The van der Waals surface area contributed by atoms with Crippen molar-refractivity contribution in [2.24, 2.45) is 4.99 Å². The highest BCUT2D eigenvalue weighted by molar-refractivity contribution is 5.96. The average Bonchev–Trinajstić information content (AvgIpc) is 3.31. The summed E-state index contributed by atoms with van der Waals surface area (Å²) in [5.74, 6) is -0.500. The number of nitro benzene ring substituents is 1. The molecule has 31 heavy (non-hydrogen) atoms. The number of nitrogens with zero attached hydrogens (tertiary/aromatic N) is 4. The lowest BCUT2D eigenvalue weighted by atomic mass is 10.1. The number of aromatic nitrogens is 1. The van der Waals surface area contributed by atoms with Gasteiger partial charge in [0.1, 0.15) is 11.2 Å². The second kappa shape index (κ2) is 8.95. The first-order chi connectivity index (χ1) is 15.0. The van der Waals surface area contributed by atoms with Gasteiger partial charge in [0.25, 0.3) is 11.6 Å². The van der Waals surface area contributed by atoms with Crippen LogP contribution in [0.15, 0.2) is 71.9 Å². The first-order valence-corrected chi connectivity index (χ1v) is 10.3. The van der Waals surface area contributed by atoms with Gasteiger partial charge in [-0.15, -0.1) is 0 Å². The Hall–Kier alpha value is -3.74. The third-order valence-corrected chi connectivity index (χ3v) is 5.47. The number of rotatable bonds is 5. The van der Waals surface area contributed by atoms with E-state index in [4.69, 9.17) is 0 Å². The van der Waals surface area contributed by atoms with E-state index in [0.717, 1.165) is 31.5 Å². The standard InChI is InChI=1S/C24H24N4O3/c1-18-7-9-19(10-8-18)17-27-15-3-2-6-23(27)25-24(29)20-11-12-21(22(16-20)28(30)31)26-13-4-5-14-26/h2-3,6-12,15-16H,4-5,13-14,17H2,1H3. The van der Waals surface area contributed by atoms with Crippen LogP contribution in [-0.2, 0) is 6.54 Å². The van der Waals surface area contributed by atoms with Crippen LogP contribution in [0.5, 0.6) is 0 Å². The summed E-state index contributed by atoms with van der Waals surface area (Å²) in [4.78, 5) is 30.3. The van der Waals surface area contributed by atoms with Crippen molar-refractivity contribution in [2.45, 2.75) is 26.3 Å². The molecule has 0 radical (unpaired) electrons. The smallest absolute Gasteiger partial charge is 0.293 e. The SMILES string of the molecule is Cc1ccc(Cn2ccccc2=NC(=O)c2ccc(N3CCCC3)c([N+](=O)[O-])c2)cc1. The average molecular weight is 416 g/mol. The van der Waals surface area contributed by atoms with Crippen molar-refractivity contribution in [1.29, 1.82) is 0 Å². The van der Waals surface area contributed by atoms with Gasteiger partial charge in [-0.3, -0.25) is 14.9 Å². The molecule has 1 aliphatic rings. The molecule has 0 bridgehead atoms.